The van der Waals surface area contributed by atoms with Crippen molar-refractivity contribution < 1.29 is 26.9 Å². The molecule has 1 atom stereocenters. The van der Waals surface area contributed by atoms with Crippen LogP contribution in [0, 0.1) is 0 Å². The van der Waals surface area contributed by atoms with Gasteiger partial charge in [0.15, 0.2) is 19.1 Å². The molecule has 1 heterocycles. The molecule has 0 saturated heterocycles. The number of ether oxygens (including phenoxy) is 1. The summed E-state index contributed by atoms with van der Waals surface area (Å²) in [5, 5.41) is 0. The fraction of sp³-hybridized carbons (Fsp3) is 0.158. The lowest BCUT2D eigenvalue weighted by atomic mass is 9.65. The van der Waals surface area contributed by atoms with Gasteiger partial charge >= 0.3 is 10.1 Å². The van der Waals surface area contributed by atoms with Crippen LogP contribution < -0.4 is 5.73 Å². The predicted molar refractivity (Wildman–Crippen MR) is 119 cm³/mol. The van der Waals surface area contributed by atoms with Crippen LogP contribution in [0.2, 0.25) is 0 Å². The van der Waals surface area contributed by atoms with Crippen LogP contribution in [0.1, 0.15) is 28.4 Å². The summed E-state index contributed by atoms with van der Waals surface area (Å²) in [4.78, 5) is 24.6. The second-order valence-corrected chi connectivity index (χ2v) is 9.80. The third kappa shape index (κ3) is 3.54. The van der Waals surface area contributed by atoms with Crippen molar-refractivity contribution in [2.24, 2.45) is 5.73 Å². The molecule has 11 heteroatoms. The molecule has 152 valence electrons. The molecule has 2 aromatic rings. The second-order valence-electron chi connectivity index (χ2n) is 7.71. The molecule has 1 aliphatic rings. The minimum absolute atomic E-state index is 0.124. The van der Waals surface area contributed by atoms with Gasteiger partial charge in [0.1, 0.15) is 15.7 Å². The summed E-state index contributed by atoms with van der Waals surface area (Å²) >= 11 is 0. The van der Waals surface area contributed by atoms with Gasteiger partial charge in [-0.25, -0.2) is 0 Å². The first-order chi connectivity index (χ1) is 13.9. The van der Waals surface area contributed by atoms with Crippen LogP contribution in [0.15, 0.2) is 66.2 Å². The summed E-state index contributed by atoms with van der Waals surface area (Å²) in [7, 11) is 0.134. The Bertz CT molecular complexity index is 1150. The Morgan fingerprint density at radius 2 is 1.67 bits per heavy atom. The normalized spacial score (nSPS) is 19.4. The van der Waals surface area contributed by atoms with E-state index in [1.165, 1.54) is 30.5 Å². The molecule has 7 nitrogen and oxygen atoms in total. The van der Waals surface area contributed by atoms with Crippen LogP contribution in [0.25, 0.3) is 0 Å². The van der Waals surface area contributed by atoms with Gasteiger partial charge in [0.2, 0.25) is 17.4 Å². The Kier molecular flexibility index (Phi) is 5.36. The molecular weight excluding hydrogens is 403 g/mol. The third-order valence-electron chi connectivity index (χ3n) is 5.31. The van der Waals surface area contributed by atoms with Gasteiger partial charge in [0.25, 0.3) is 0 Å². The predicted octanol–water partition coefficient (Wildman–Crippen LogP) is -1.17. The summed E-state index contributed by atoms with van der Waals surface area (Å²) in [6.45, 7) is 1.43. The number of benzene rings is 2. The Hall–Kier alpha value is -2.94. The number of ketones is 2. The molecule has 0 saturated carbocycles. The summed E-state index contributed by atoms with van der Waals surface area (Å²) in [6.07, 6.45) is 0. The Labute approximate surface area is 178 Å². The van der Waals surface area contributed by atoms with E-state index in [-0.39, 0.29) is 5.78 Å². The van der Waals surface area contributed by atoms with Crippen LogP contribution in [0.3, 0.4) is 0 Å². The van der Waals surface area contributed by atoms with Gasteiger partial charge in [-0.1, -0.05) is 54.6 Å². The first-order valence-corrected chi connectivity index (χ1v) is 10.7. The highest BCUT2D eigenvalue weighted by atomic mass is 32.2. The molecule has 0 bridgehead atoms. The van der Waals surface area contributed by atoms with E-state index in [0.29, 0.717) is 16.7 Å². The number of carbonyl (C=O) groups is 2. The van der Waals surface area contributed by atoms with Gasteiger partial charge in [0.05, 0.1) is 4.55 Å². The number of hydrogen-bond acceptors (Lipinski definition) is 7. The number of carbonyl (C=O) groups excluding carboxylic acids is 2. The van der Waals surface area contributed by atoms with E-state index < -0.39 is 37.6 Å². The highest BCUT2D eigenvalue weighted by molar-refractivity contribution is 7.90. The van der Waals surface area contributed by atoms with E-state index >= 15 is 0 Å². The van der Waals surface area contributed by atoms with Crippen molar-refractivity contribution in [2.45, 2.75) is 17.0 Å². The van der Waals surface area contributed by atoms with Gasteiger partial charge in [-0.3, -0.25) is 9.59 Å². The molecule has 0 fully saturated rings. The van der Waals surface area contributed by atoms with E-state index in [0.717, 1.165) is 0 Å². The van der Waals surface area contributed by atoms with Crippen molar-refractivity contribution in [1.82, 2.24) is 0 Å². The zero-order valence-corrected chi connectivity index (χ0v) is 17.9. The second kappa shape index (κ2) is 7.39. The Morgan fingerprint density at radius 1 is 1.10 bits per heavy atom. The molecule has 0 spiro atoms. The smallest absolute Gasteiger partial charge is 0.304 e. The molecule has 2 N–H and O–H groups in total. The molecule has 0 aromatic heterocycles. The van der Waals surface area contributed by atoms with Gasteiger partial charge in [0, 0.05) is 5.56 Å². The van der Waals surface area contributed by atoms with Gasteiger partial charge in [-0.2, -0.15) is 8.42 Å². The van der Waals surface area contributed by atoms with E-state index in [9.17, 15) is 18.0 Å². The lowest BCUT2D eigenvalue weighted by Crippen LogP contribution is -2.40. The zero-order valence-electron chi connectivity index (χ0n) is 17.1. The van der Waals surface area contributed by atoms with Crippen LogP contribution in [0.4, 0.5) is 0 Å². The van der Waals surface area contributed by atoms with E-state index in [1.807, 2.05) is 0 Å². The van der Waals surface area contributed by atoms with Crippen LogP contribution in [0.5, 0.6) is 0 Å². The number of rotatable bonds is 6. The number of hydrogen-bond donors (Lipinski definition) is 1. The molecule has 2 aromatic carbocycles. The maximum atomic E-state index is 13.1. The standard InChI is InChI=1S/C19H20B3NO6S/c1-11(24)12-7-9-13(10-8-12)18(20)16(25)15(17(23)28-18)29-30(26,27)19(21,22)14-5-3-2-4-6-14/h2-10H,20-23H2,1H3/t18-/m0/s1. The Balaban J connectivity index is 1.91. The quantitative estimate of drug-likeness (QED) is 0.354. The van der Waals surface area contributed by atoms with Crippen molar-refractivity contribution in [1.29, 1.82) is 0 Å². The van der Waals surface area contributed by atoms with Crippen LogP contribution in [-0.4, -0.2) is 43.5 Å². The number of Topliss-reactive ketones (excluding diaryl/α,β-unsaturated/α-hetero) is 2. The van der Waals surface area contributed by atoms with Crippen molar-refractivity contribution >= 4 is 45.2 Å². The maximum Gasteiger partial charge on any atom is 0.304 e. The van der Waals surface area contributed by atoms with Gasteiger partial charge in [-0.15, -0.1) is 0 Å². The average Bonchev–Trinajstić information content (AvgIpc) is 2.92. The maximum absolute atomic E-state index is 13.1. The average molecular weight is 423 g/mol. The zero-order chi connectivity index (χ0) is 22.3. The molecule has 0 radical (unpaired) electrons. The van der Waals surface area contributed by atoms with Gasteiger partial charge < -0.3 is 14.7 Å². The fourth-order valence-corrected chi connectivity index (χ4v) is 4.14. The monoisotopic (exact) mass is 423 g/mol. The number of nitrogens with two attached hydrogens (primary N) is 1. The first kappa shape index (κ1) is 21.8. The highest BCUT2D eigenvalue weighted by Crippen LogP contribution is 2.38. The minimum Gasteiger partial charge on any atom is -0.467 e. The Morgan fingerprint density at radius 3 is 2.20 bits per heavy atom. The van der Waals surface area contributed by atoms with Crippen molar-refractivity contribution in [2.75, 3.05) is 0 Å². The van der Waals surface area contributed by atoms with Crippen molar-refractivity contribution in [3.05, 3.63) is 82.9 Å². The lowest BCUT2D eigenvalue weighted by Gasteiger charge is -2.26. The largest absolute Gasteiger partial charge is 0.467 e. The van der Waals surface area contributed by atoms with E-state index in [4.69, 9.17) is 14.7 Å². The first-order valence-electron chi connectivity index (χ1n) is 9.25. The molecule has 0 unspecified atom stereocenters. The fourth-order valence-electron chi connectivity index (χ4n) is 3.13. The molecular formula is C19H20B3NO6S. The van der Waals surface area contributed by atoms with E-state index in [1.54, 1.807) is 54.6 Å². The van der Waals surface area contributed by atoms with Crippen LogP contribution >= 0.6 is 0 Å². The SMILES string of the molecule is BC(B)(c1ccccc1)S(=O)(=O)OC1=C(N)O[C@@](B)(c2ccc(C(C)=O)cc2)C1=O. The minimum atomic E-state index is -4.30. The van der Waals surface area contributed by atoms with Crippen molar-refractivity contribution in [3.8, 4) is 0 Å². The van der Waals surface area contributed by atoms with Crippen molar-refractivity contribution in [3.63, 3.8) is 0 Å². The topological polar surface area (TPSA) is 113 Å². The van der Waals surface area contributed by atoms with Crippen LogP contribution in [-0.2, 0) is 33.9 Å². The van der Waals surface area contributed by atoms with E-state index in [2.05, 4.69) is 0 Å². The summed E-state index contributed by atoms with van der Waals surface area (Å²) in [5.74, 6) is -1.81. The molecule has 0 aliphatic carbocycles. The molecule has 0 amide bonds. The lowest BCUT2D eigenvalue weighted by molar-refractivity contribution is -0.126. The third-order valence-corrected chi connectivity index (χ3v) is 7.18. The summed E-state index contributed by atoms with van der Waals surface area (Å²) in [5.41, 5.74) is 5.66. The molecule has 1 aliphatic heterocycles. The summed E-state index contributed by atoms with van der Waals surface area (Å²) < 4.78 is 35.4. The van der Waals surface area contributed by atoms with Gasteiger partial charge in [-0.05, 0) is 18.1 Å². The highest BCUT2D eigenvalue weighted by Gasteiger charge is 2.50. The molecule has 3 rings (SSSR count). The molecule has 30 heavy (non-hydrogen) atoms. The summed E-state index contributed by atoms with van der Waals surface area (Å²) in [6, 6.07) is 14.8.